The molecule has 1 aliphatic heterocycles. The zero-order chi connectivity index (χ0) is 20.2. The van der Waals surface area contributed by atoms with Crippen molar-refractivity contribution in [2.24, 2.45) is 0 Å². The Morgan fingerprint density at radius 3 is 1.85 bits per heavy atom. The van der Waals surface area contributed by atoms with Crippen molar-refractivity contribution in [2.75, 3.05) is 6.61 Å². The standard InChI is InChI=1S/C22H43NO4/c1-4-5-6-7-8-9-10-11-12-13-14-17-22(18-15-16-20(24)25)23(26)21(2,3)19-27-22/h23H,4-19H2,1-3H3,(H,24,25). The molecule has 1 fully saturated rings. The molecule has 0 saturated carbocycles. The van der Waals surface area contributed by atoms with Gasteiger partial charge in [-0.25, -0.2) is 0 Å². The van der Waals surface area contributed by atoms with E-state index >= 15 is 0 Å². The number of carboxylic acids is 1. The lowest BCUT2D eigenvalue weighted by Gasteiger charge is -2.42. The first-order valence-corrected chi connectivity index (χ1v) is 11.2. The van der Waals surface area contributed by atoms with E-state index in [-0.39, 0.29) is 11.5 Å². The second-order valence-corrected chi connectivity index (χ2v) is 9.03. The smallest absolute Gasteiger partial charge is 0.303 e. The summed E-state index contributed by atoms with van der Waals surface area (Å²) in [6.07, 6.45) is 16.0. The van der Waals surface area contributed by atoms with Crippen molar-refractivity contribution in [3.8, 4) is 0 Å². The first kappa shape index (κ1) is 24.4. The quantitative estimate of drug-likeness (QED) is 0.295. The normalized spacial score (nSPS) is 24.4. The molecule has 0 aliphatic carbocycles. The van der Waals surface area contributed by atoms with Crippen molar-refractivity contribution in [2.45, 2.75) is 128 Å². The van der Waals surface area contributed by atoms with Gasteiger partial charge in [0.05, 0.1) is 0 Å². The van der Waals surface area contributed by atoms with E-state index in [4.69, 9.17) is 9.84 Å². The molecule has 0 spiro atoms. The SMILES string of the molecule is CCCCCCCCCCCCCC1(CCCC(=O)O)OCC(C)(C)[NH+]1[O-]. The predicted octanol–water partition coefficient (Wildman–Crippen LogP) is 4.83. The molecule has 1 saturated heterocycles. The molecule has 0 aromatic carbocycles. The summed E-state index contributed by atoms with van der Waals surface area (Å²) in [6.45, 7) is 6.59. The van der Waals surface area contributed by atoms with Crippen molar-refractivity contribution >= 4 is 5.97 Å². The summed E-state index contributed by atoms with van der Waals surface area (Å²) < 4.78 is 6.00. The van der Waals surface area contributed by atoms with E-state index in [0.29, 0.717) is 19.4 Å². The Morgan fingerprint density at radius 2 is 1.41 bits per heavy atom. The molecule has 0 aromatic heterocycles. The van der Waals surface area contributed by atoms with E-state index in [1.807, 2.05) is 13.8 Å². The molecule has 2 atom stereocenters. The zero-order valence-corrected chi connectivity index (χ0v) is 18.0. The zero-order valence-electron chi connectivity index (χ0n) is 18.0. The maximum Gasteiger partial charge on any atom is 0.303 e. The van der Waals surface area contributed by atoms with Crippen LogP contribution in [0.4, 0.5) is 0 Å². The summed E-state index contributed by atoms with van der Waals surface area (Å²) in [5, 5.41) is 21.9. The largest absolute Gasteiger partial charge is 0.632 e. The number of nitrogens with one attached hydrogen (secondary N) is 1. The number of carboxylic acid groups (broad SMARTS) is 1. The van der Waals surface area contributed by atoms with Crippen molar-refractivity contribution in [3.05, 3.63) is 5.21 Å². The number of ether oxygens (including phenoxy) is 1. The average Bonchev–Trinajstić information content (AvgIpc) is 2.84. The fraction of sp³-hybridized carbons (Fsp3) is 0.955. The van der Waals surface area contributed by atoms with Crippen LogP contribution in [0.5, 0.6) is 0 Å². The van der Waals surface area contributed by atoms with Crippen LogP contribution >= 0.6 is 0 Å². The van der Waals surface area contributed by atoms with Crippen LogP contribution in [0.2, 0.25) is 0 Å². The molecule has 1 rings (SSSR count). The van der Waals surface area contributed by atoms with Crippen LogP contribution in [0, 0.1) is 5.21 Å². The molecule has 5 nitrogen and oxygen atoms in total. The first-order valence-electron chi connectivity index (χ1n) is 11.2. The summed E-state index contributed by atoms with van der Waals surface area (Å²) in [5.74, 6) is -0.801. The fourth-order valence-electron chi connectivity index (χ4n) is 4.16. The van der Waals surface area contributed by atoms with Crippen LogP contribution in [-0.4, -0.2) is 28.9 Å². The third-order valence-corrected chi connectivity index (χ3v) is 5.89. The number of rotatable bonds is 16. The number of hydroxylamine groups is 2. The number of hydrogen-bond donors (Lipinski definition) is 2. The van der Waals surface area contributed by atoms with Gasteiger partial charge in [-0.15, -0.1) is 0 Å². The number of unbranched alkanes of at least 4 members (excludes halogenated alkanes) is 10. The van der Waals surface area contributed by atoms with Crippen LogP contribution < -0.4 is 5.06 Å². The van der Waals surface area contributed by atoms with E-state index in [0.717, 1.165) is 19.3 Å². The van der Waals surface area contributed by atoms with Crippen LogP contribution in [-0.2, 0) is 9.53 Å². The lowest BCUT2D eigenvalue weighted by atomic mass is 9.95. The number of quaternary nitrogens is 1. The topological polar surface area (TPSA) is 74.0 Å². The van der Waals surface area contributed by atoms with E-state index in [2.05, 4.69) is 6.92 Å². The second kappa shape index (κ2) is 12.7. The Hall–Kier alpha value is -0.650. The molecule has 1 heterocycles. The van der Waals surface area contributed by atoms with Gasteiger partial charge in [0.15, 0.2) is 0 Å². The monoisotopic (exact) mass is 385 g/mol. The molecular formula is C22H43NO4. The molecule has 0 bridgehead atoms. The van der Waals surface area contributed by atoms with Gasteiger partial charge >= 0.3 is 5.97 Å². The van der Waals surface area contributed by atoms with Gasteiger partial charge in [-0.1, -0.05) is 71.1 Å². The van der Waals surface area contributed by atoms with Crippen LogP contribution in [0.3, 0.4) is 0 Å². The third kappa shape index (κ3) is 8.93. The van der Waals surface area contributed by atoms with Crippen LogP contribution in [0.1, 0.15) is 117 Å². The minimum Gasteiger partial charge on any atom is -0.632 e. The van der Waals surface area contributed by atoms with Crippen LogP contribution in [0.25, 0.3) is 0 Å². The third-order valence-electron chi connectivity index (χ3n) is 5.89. The molecule has 2 unspecified atom stereocenters. The van der Waals surface area contributed by atoms with Gasteiger partial charge in [0.2, 0.25) is 5.72 Å². The van der Waals surface area contributed by atoms with Crippen molar-refractivity contribution in [1.82, 2.24) is 0 Å². The Bertz CT molecular complexity index is 413. The van der Waals surface area contributed by atoms with Gasteiger partial charge in [-0.2, -0.15) is 0 Å². The van der Waals surface area contributed by atoms with Gasteiger partial charge in [0, 0.05) is 19.3 Å². The summed E-state index contributed by atoms with van der Waals surface area (Å²) in [4.78, 5) is 10.8. The summed E-state index contributed by atoms with van der Waals surface area (Å²) in [7, 11) is 0. The van der Waals surface area contributed by atoms with E-state index in [1.165, 1.54) is 57.8 Å². The Kier molecular flexibility index (Phi) is 11.5. The highest BCUT2D eigenvalue weighted by Gasteiger charge is 2.51. The molecular weight excluding hydrogens is 342 g/mol. The van der Waals surface area contributed by atoms with Crippen molar-refractivity contribution < 1.29 is 19.7 Å². The van der Waals surface area contributed by atoms with Gasteiger partial charge in [0.1, 0.15) is 12.1 Å². The minimum absolute atomic E-state index is 0.108. The maximum atomic E-state index is 12.9. The van der Waals surface area contributed by atoms with Crippen molar-refractivity contribution in [3.63, 3.8) is 0 Å². The molecule has 5 heteroatoms. The summed E-state index contributed by atoms with van der Waals surface area (Å²) in [5.41, 5.74) is -1.18. The van der Waals surface area contributed by atoms with Gasteiger partial charge in [-0.05, 0) is 26.7 Å². The van der Waals surface area contributed by atoms with E-state index in [1.54, 1.807) is 0 Å². The molecule has 160 valence electrons. The van der Waals surface area contributed by atoms with E-state index < -0.39 is 17.2 Å². The Labute approximate surface area is 166 Å². The molecule has 1 aliphatic rings. The second-order valence-electron chi connectivity index (χ2n) is 9.03. The summed E-state index contributed by atoms with van der Waals surface area (Å²) >= 11 is 0. The lowest BCUT2D eigenvalue weighted by Crippen LogP contribution is -3.20. The highest BCUT2D eigenvalue weighted by Crippen LogP contribution is 2.28. The summed E-state index contributed by atoms with van der Waals surface area (Å²) in [6, 6.07) is 0. The number of hydrogen-bond acceptors (Lipinski definition) is 3. The predicted molar refractivity (Wildman–Crippen MR) is 110 cm³/mol. The average molecular weight is 386 g/mol. The Morgan fingerprint density at radius 1 is 0.926 bits per heavy atom. The highest BCUT2D eigenvalue weighted by atomic mass is 16.6. The minimum atomic E-state index is -0.801. The van der Waals surface area contributed by atoms with E-state index in [9.17, 15) is 10.0 Å². The fourth-order valence-corrected chi connectivity index (χ4v) is 4.16. The first-order chi connectivity index (χ1) is 12.8. The van der Waals surface area contributed by atoms with Crippen molar-refractivity contribution in [1.29, 1.82) is 0 Å². The molecule has 27 heavy (non-hydrogen) atoms. The molecule has 0 aromatic rings. The maximum absolute atomic E-state index is 12.9. The molecule has 0 radical (unpaired) electrons. The Balaban J connectivity index is 2.23. The number of carbonyl (C=O) groups is 1. The molecule has 2 N–H and O–H groups in total. The molecule has 0 amide bonds. The number of aliphatic carboxylic acids is 1. The van der Waals surface area contributed by atoms with Crippen LogP contribution in [0.15, 0.2) is 0 Å². The van der Waals surface area contributed by atoms with Gasteiger partial charge in [0.25, 0.3) is 0 Å². The van der Waals surface area contributed by atoms with Gasteiger partial charge < -0.3 is 20.1 Å². The lowest BCUT2D eigenvalue weighted by molar-refractivity contribution is -0.950. The van der Waals surface area contributed by atoms with Gasteiger partial charge in [-0.3, -0.25) is 4.79 Å². The highest BCUT2D eigenvalue weighted by molar-refractivity contribution is 5.66.